The van der Waals surface area contributed by atoms with Crippen LogP contribution in [0, 0.1) is 22.7 Å². The van der Waals surface area contributed by atoms with Gasteiger partial charge in [0.15, 0.2) is 29.7 Å². The van der Waals surface area contributed by atoms with Crippen molar-refractivity contribution < 1.29 is 81.7 Å². The van der Waals surface area contributed by atoms with Crippen molar-refractivity contribution in [3.8, 4) is 0 Å². The van der Waals surface area contributed by atoms with E-state index in [1.165, 1.54) is 32.9 Å². The van der Waals surface area contributed by atoms with E-state index >= 15 is 4.79 Å². The second-order valence-corrected chi connectivity index (χ2v) is 18.6. The molecule has 4 fully saturated rings. The Hall–Kier alpha value is -5.07. The van der Waals surface area contributed by atoms with E-state index in [-0.39, 0.29) is 36.5 Å². The number of allylic oxidation sites excluding steroid dienone is 1. The lowest BCUT2D eigenvalue weighted by Gasteiger charge is -2.66. The third-order valence-electron chi connectivity index (χ3n) is 12.6. The van der Waals surface area contributed by atoms with Gasteiger partial charge in [-0.05, 0) is 57.7 Å². The number of amides is 1. The van der Waals surface area contributed by atoms with E-state index in [2.05, 4.69) is 5.32 Å². The maximum Gasteiger partial charge on any atom is 0.509 e. The molecule has 11 atom stereocenters. The van der Waals surface area contributed by atoms with E-state index in [1.807, 2.05) is 0 Å². The number of hydrogen-bond acceptors (Lipinski definition) is 17. The Labute approximate surface area is 352 Å². The van der Waals surface area contributed by atoms with Crippen LogP contribution in [0.3, 0.4) is 0 Å². The number of Topliss-reactive ketones (excluding diaryl/α,β-unsaturated/α-hetero) is 1. The standard InChI is InChI=1S/C43H55NO17/c1-20(2)16-25(44-37(52)60-39(5,6)7)29(48)36(51)56-26-17-24-30(55-21(3)45)32(49)41(10)27(47)18-28-42(19-54-28,59-22(4)46)31(41)34(57-35(50)23-14-12-11-13-15-23)43(40(24,8)9)33(26)58-38(53)61-43/h11-15,20,25-29,31,33-34,47-48H,16-19H2,1-10H3,(H,44,52)/t25-,26+,27+,28+,29+,31?,33-,34-,41+,42-,43+/m0/s1. The molecule has 18 heteroatoms. The van der Waals surface area contributed by atoms with E-state index < -0.39 is 130 Å². The van der Waals surface area contributed by atoms with Crippen molar-refractivity contribution in [2.45, 2.75) is 148 Å². The number of ketones is 1. The molecule has 2 heterocycles. The SMILES string of the molecule is CC(=O)OC1=C2C[C@@H](OC(=O)[C@H](O)[C@H](CC(C)C)NC(=O)OC(C)(C)C)[C@@H]3OC(=O)O[C@]3([C@@H](OC(=O)c3ccccc3)C3[C@](C)(C1=O)[C@H](O)C[C@H]1OC[C@@]31OC(C)=O)C2(C)C. The fourth-order valence-corrected chi connectivity index (χ4v) is 9.89. The zero-order valence-corrected chi connectivity index (χ0v) is 35.9. The molecule has 2 saturated carbocycles. The number of fused-ring (bicyclic) bond motifs is 4. The highest BCUT2D eigenvalue weighted by atomic mass is 16.8. The number of carbonyl (C=O) groups excluding carboxylic acids is 7. The summed E-state index contributed by atoms with van der Waals surface area (Å²) < 4.78 is 47.7. The van der Waals surface area contributed by atoms with Crippen LogP contribution >= 0.6 is 0 Å². The number of aliphatic hydroxyl groups excluding tert-OH is 2. The van der Waals surface area contributed by atoms with Crippen LogP contribution in [-0.4, -0.2) is 118 Å². The average Bonchev–Trinajstić information content (AvgIpc) is 3.52. The summed E-state index contributed by atoms with van der Waals surface area (Å²) in [5, 5.41) is 26.1. The van der Waals surface area contributed by atoms with Gasteiger partial charge in [-0.25, -0.2) is 19.2 Å². The normalized spacial score (nSPS) is 33.3. The molecule has 61 heavy (non-hydrogen) atoms. The fraction of sp³-hybridized carbons (Fsp3) is 0.651. The minimum Gasteiger partial charge on any atom is -0.456 e. The Morgan fingerprint density at radius 1 is 0.984 bits per heavy atom. The lowest BCUT2D eigenvalue weighted by Crippen LogP contribution is -2.82. The quantitative estimate of drug-likeness (QED) is 0.225. The zero-order chi connectivity index (χ0) is 45.2. The maximum absolute atomic E-state index is 15.4. The van der Waals surface area contributed by atoms with Crippen LogP contribution in [0.2, 0.25) is 0 Å². The molecular weight excluding hydrogens is 802 g/mol. The van der Waals surface area contributed by atoms with Crippen molar-refractivity contribution in [2.24, 2.45) is 22.7 Å². The molecule has 0 aromatic heterocycles. The average molecular weight is 858 g/mol. The first-order valence-corrected chi connectivity index (χ1v) is 20.3. The summed E-state index contributed by atoms with van der Waals surface area (Å²) in [7, 11) is 0. The lowest BCUT2D eigenvalue weighted by molar-refractivity contribution is -0.344. The second-order valence-electron chi connectivity index (χ2n) is 18.6. The van der Waals surface area contributed by atoms with Crippen molar-refractivity contribution in [3.05, 3.63) is 47.2 Å². The van der Waals surface area contributed by atoms with Gasteiger partial charge in [0.05, 0.1) is 35.6 Å². The predicted molar refractivity (Wildman–Crippen MR) is 207 cm³/mol. The highest BCUT2D eigenvalue weighted by Crippen LogP contribution is 2.66. The van der Waals surface area contributed by atoms with Gasteiger partial charge in [0.2, 0.25) is 11.4 Å². The molecule has 2 aliphatic heterocycles. The summed E-state index contributed by atoms with van der Waals surface area (Å²) in [6.07, 6.45) is -12.9. The molecule has 1 aromatic rings. The molecule has 2 saturated heterocycles. The molecule has 1 unspecified atom stereocenters. The molecular formula is C43H55NO17. The summed E-state index contributed by atoms with van der Waals surface area (Å²) >= 11 is 0. The van der Waals surface area contributed by atoms with Crippen molar-refractivity contribution in [1.82, 2.24) is 5.32 Å². The molecule has 1 aromatic carbocycles. The predicted octanol–water partition coefficient (Wildman–Crippen LogP) is 3.62. The first kappa shape index (κ1) is 45.5. The maximum atomic E-state index is 15.4. The summed E-state index contributed by atoms with van der Waals surface area (Å²) in [4.78, 5) is 96.6. The first-order valence-electron chi connectivity index (χ1n) is 20.3. The molecule has 6 rings (SSSR count). The van der Waals surface area contributed by atoms with E-state index in [9.17, 15) is 39.0 Å². The molecule has 2 bridgehead atoms. The number of benzene rings is 1. The Morgan fingerprint density at radius 3 is 2.20 bits per heavy atom. The molecule has 1 amide bonds. The second kappa shape index (κ2) is 16.0. The largest absolute Gasteiger partial charge is 0.509 e. The Kier molecular flexibility index (Phi) is 11.9. The number of alkyl carbamates (subject to hydrolysis) is 1. The smallest absolute Gasteiger partial charge is 0.456 e. The molecule has 0 radical (unpaired) electrons. The number of carbonyl (C=O) groups is 7. The number of aliphatic hydroxyl groups is 2. The third-order valence-corrected chi connectivity index (χ3v) is 12.6. The minimum atomic E-state index is -2.34. The van der Waals surface area contributed by atoms with Gasteiger partial charge in [-0.2, -0.15) is 0 Å². The number of nitrogens with one attached hydrogen (secondary N) is 1. The Bertz CT molecular complexity index is 2010. The van der Waals surface area contributed by atoms with E-state index in [4.69, 9.17) is 37.9 Å². The molecule has 3 N–H and O–H groups in total. The topological polar surface area (TPSA) is 246 Å². The number of ether oxygens (including phenoxy) is 8. The van der Waals surface area contributed by atoms with E-state index in [0.717, 1.165) is 13.8 Å². The summed E-state index contributed by atoms with van der Waals surface area (Å²) in [6, 6.07) is 6.47. The van der Waals surface area contributed by atoms with Gasteiger partial charge in [-0.3, -0.25) is 14.4 Å². The highest BCUT2D eigenvalue weighted by molar-refractivity contribution is 6.02. The number of rotatable bonds is 10. The molecule has 18 nitrogen and oxygen atoms in total. The van der Waals surface area contributed by atoms with Crippen molar-refractivity contribution >= 4 is 41.9 Å². The van der Waals surface area contributed by atoms with Crippen LogP contribution < -0.4 is 5.32 Å². The number of hydrogen-bond donors (Lipinski definition) is 3. The van der Waals surface area contributed by atoms with E-state index in [1.54, 1.807) is 52.8 Å². The summed E-state index contributed by atoms with van der Waals surface area (Å²) in [5.74, 6) is -7.38. The monoisotopic (exact) mass is 857 g/mol. The van der Waals surface area contributed by atoms with Crippen LogP contribution in [0.4, 0.5) is 9.59 Å². The van der Waals surface area contributed by atoms with Gasteiger partial charge in [0, 0.05) is 32.1 Å². The number of esters is 4. The first-order chi connectivity index (χ1) is 28.3. The van der Waals surface area contributed by atoms with Crippen LogP contribution in [0.15, 0.2) is 41.7 Å². The van der Waals surface area contributed by atoms with Crippen molar-refractivity contribution in [3.63, 3.8) is 0 Å². The van der Waals surface area contributed by atoms with Crippen LogP contribution in [-0.2, 0) is 57.1 Å². The molecule has 3 aliphatic carbocycles. The zero-order valence-electron chi connectivity index (χ0n) is 35.9. The molecule has 334 valence electrons. The van der Waals surface area contributed by atoms with Gasteiger partial charge in [-0.15, -0.1) is 0 Å². The molecule has 1 spiro atoms. The van der Waals surface area contributed by atoms with Crippen LogP contribution in [0.1, 0.15) is 98.9 Å². The highest BCUT2D eigenvalue weighted by Gasteiger charge is 2.82. The van der Waals surface area contributed by atoms with Crippen LogP contribution in [0.25, 0.3) is 0 Å². The van der Waals surface area contributed by atoms with Gasteiger partial charge in [0.1, 0.15) is 17.8 Å². The Balaban J connectivity index is 1.58. The van der Waals surface area contributed by atoms with Gasteiger partial charge >= 0.3 is 36.1 Å². The molecule has 5 aliphatic rings. The fourth-order valence-electron chi connectivity index (χ4n) is 9.89. The lowest BCUT2D eigenvalue weighted by atomic mass is 9.45. The summed E-state index contributed by atoms with van der Waals surface area (Å²) in [5.41, 5.74) is -8.98. The minimum absolute atomic E-state index is 0.0276. The third kappa shape index (κ3) is 7.75. The van der Waals surface area contributed by atoms with Gasteiger partial charge in [-0.1, -0.05) is 45.9 Å². The van der Waals surface area contributed by atoms with E-state index in [0.29, 0.717) is 0 Å². The Morgan fingerprint density at radius 2 is 1.64 bits per heavy atom. The van der Waals surface area contributed by atoms with Crippen molar-refractivity contribution in [1.29, 1.82) is 0 Å². The summed E-state index contributed by atoms with van der Waals surface area (Å²) in [6.45, 7) is 14.7. The van der Waals surface area contributed by atoms with Gasteiger partial charge < -0.3 is 53.4 Å². The van der Waals surface area contributed by atoms with Gasteiger partial charge in [0.25, 0.3) is 0 Å². The van der Waals surface area contributed by atoms with Crippen molar-refractivity contribution in [2.75, 3.05) is 6.61 Å². The van der Waals surface area contributed by atoms with Crippen LogP contribution in [0.5, 0.6) is 0 Å².